The summed E-state index contributed by atoms with van der Waals surface area (Å²) in [5, 5.41) is 6.54. The molecule has 0 spiro atoms. The lowest BCUT2D eigenvalue weighted by Gasteiger charge is -2.34. The molecule has 2 aromatic heterocycles. The van der Waals surface area contributed by atoms with Crippen LogP contribution >= 0.6 is 11.3 Å². The van der Waals surface area contributed by atoms with Gasteiger partial charge in [0, 0.05) is 43.1 Å². The first-order chi connectivity index (χ1) is 15.2. The third kappa shape index (κ3) is 4.18. The van der Waals surface area contributed by atoms with Gasteiger partial charge in [0.25, 0.3) is 5.91 Å². The minimum absolute atomic E-state index is 0.00364. The fourth-order valence-corrected chi connectivity index (χ4v) is 4.61. The Bertz CT molecular complexity index is 1090. The second-order valence-electron chi connectivity index (χ2n) is 7.93. The van der Waals surface area contributed by atoms with E-state index in [1.807, 2.05) is 68.4 Å². The molecule has 0 atom stereocenters. The molecule has 7 heteroatoms. The van der Waals surface area contributed by atoms with Crippen molar-refractivity contribution in [2.75, 3.05) is 26.2 Å². The van der Waals surface area contributed by atoms with Gasteiger partial charge in [-0.3, -0.25) is 9.59 Å². The lowest BCUT2D eigenvalue weighted by molar-refractivity contribution is -0.127. The minimum Gasteiger partial charge on any atom is -0.336 e. The van der Waals surface area contributed by atoms with Crippen molar-refractivity contribution in [3.8, 4) is 5.69 Å². The van der Waals surface area contributed by atoms with E-state index < -0.39 is 0 Å². The van der Waals surface area contributed by atoms with Crippen molar-refractivity contribution < 1.29 is 9.59 Å². The molecule has 158 valence electrons. The Morgan fingerprint density at radius 3 is 2.39 bits per heavy atom. The number of hydrogen-bond donors (Lipinski definition) is 0. The van der Waals surface area contributed by atoms with Crippen molar-refractivity contribution >= 4 is 29.2 Å². The molecule has 1 aliphatic heterocycles. The Balaban J connectivity index is 1.27. The Hall–Kier alpha value is -3.19. The summed E-state index contributed by atoms with van der Waals surface area (Å²) >= 11 is 1.60. The summed E-state index contributed by atoms with van der Waals surface area (Å²) < 4.78 is 1.92. The Morgan fingerprint density at radius 1 is 0.968 bits per heavy atom. The monoisotopic (exact) mass is 432 g/mol. The number of rotatable bonds is 5. The molecule has 5 rings (SSSR count). The fraction of sp³-hybridized carbons (Fsp3) is 0.292. The number of piperazine rings is 1. The summed E-state index contributed by atoms with van der Waals surface area (Å²) in [5.41, 5.74) is 2.70. The third-order valence-electron chi connectivity index (χ3n) is 5.81. The van der Waals surface area contributed by atoms with Gasteiger partial charge in [0.2, 0.25) is 5.91 Å². The van der Waals surface area contributed by atoms with Gasteiger partial charge in [0.05, 0.1) is 23.1 Å². The molecule has 1 saturated carbocycles. The lowest BCUT2D eigenvalue weighted by atomic mass is 10.1. The molecule has 2 fully saturated rings. The maximum absolute atomic E-state index is 13.3. The largest absolute Gasteiger partial charge is 0.336 e. The van der Waals surface area contributed by atoms with E-state index in [-0.39, 0.29) is 11.8 Å². The standard InChI is InChI=1S/C24H24N4O2S/c29-22(11-10-20-7-4-16-31-20)26-12-14-27(15-13-26)24(30)21-17-25-28(23(21)18-8-9-18)19-5-2-1-3-6-19/h1-7,10-11,16-18H,8-9,12-15H2/b11-10+. The molecule has 1 aromatic carbocycles. The number of amides is 2. The van der Waals surface area contributed by atoms with Crippen LogP contribution in [0.3, 0.4) is 0 Å². The van der Waals surface area contributed by atoms with Crippen LogP contribution in [0.25, 0.3) is 11.8 Å². The highest BCUT2D eigenvalue weighted by Gasteiger charge is 2.35. The molecule has 0 N–H and O–H groups in total. The van der Waals surface area contributed by atoms with Gasteiger partial charge in [-0.15, -0.1) is 11.3 Å². The lowest BCUT2D eigenvalue weighted by Crippen LogP contribution is -2.50. The smallest absolute Gasteiger partial charge is 0.257 e. The van der Waals surface area contributed by atoms with Gasteiger partial charge in [0.15, 0.2) is 0 Å². The van der Waals surface area contributed by atoms with Gasteiger partial charge in [-0.05, 0) is 42.5 Å². The van der Waals surface area contributed by atoms with Gasteiger partial charge in [-0.1, -0.05) is 24.3 Å². The van der Waals surface area contributed by atoms with E-state index in [0.29, 0.717) is 37.7 Å². The Morgan fingerprint density at radius 2 is 1.71 bits per heavy atom. The first kappa shape index (κ1) is 19.8. The van der Waals surface area contributed by atoms with Crippen LogP contribution in [0.5, 0.6) is 0 Å². The Kier molecular flexibility index (Phi) is 5.42. The number of aromatic nitrogens is 2. The average Bonchev–Trinajstić information content (AvgIpc) is 3.34. The molecular weight excluding hydrogens is 408 g/mol. The quantitative estimate of drug-likeness (QED) is 0.576. The fourth-order valence-electron chi connectivity index (χ4n) is 3.99. The maximum Gasteiger partial charge on any atom is 0.257 e. The molecule has 1 aliphatic carbocycles. The summed E-state index contributed by atoms with van der Waals surface area (Å²) in [4.78, 5) is 30.5. The normalized spacial score (nSPS) is 16.8. The highest BCUT2D eigenvalue weighted by atomic mass is 32.1. The maximum atomic E-state index is 13.3. The predicted molar refractivity (Wildman–Crippen MR) is 121 cm³/mol. The van der Waals surface area contributed by atoms with E-state index in [0.717, 1.165) is 29.1 Å². The van der Waals surface area contributed by atoms with Gasteiger partial charge in [-0.25, -0.2) is 4.68 Å². The van der Waals surface area contributed by atoms with Crippen LogP contribution in [-0.4, -0.2) is 57.6 Å². The van der Waals surface area contributed by atoms with E-state index in [2.05, 4.69) is 5.10 Å². The minimum atomic E-state index is -0.00364. The van der Waals surface area contributed by atoms with Crippen LogP contribution in [0.2, 0.25) is 0 Å². The van der Waals surface area contributed by atoms with E-state index in [1.165, 1.54) is 0 Å². The van der Waals surface area contributed by atoms with Crippen molar-refractivity contribution in [3.05, 3.63) is 76.3 Å². The summed E-state index contributed by atoms with van der Waals surface area (Å²) in [7, 11) is 0. The number of hydrogen-bond acceptors (Lipinski definition) is 4. The van der Waals surface area contributed by atoms with E-state index >= 15 is 0 Å². The second kappa shape index (κ2) is 8.51. The third-order valence-corrected chi connectivity index (χ3v) is 6.65. The SMILES string of the molecule is O=C(/C=C/c1cccs1)N1CCN(C(=O)c2cnn(-c3ccccc3)c2C2CC2)CC1. The molecular formula is C24H24N4O2S. The number of carbonyl (C=O) groups excluding carboxylic acids is 2. The van der Waals surface area contributed by atoms with Gasteiger partial charge in [0.1, 0.15) is 0 Å². The van der Waals surface area contributed by atoms with Crippen molar-refractivity contribution in [2.24, 2.45) is 0 Å². The van der Waals surface area contributed by atoms with Crippen molar-refractivity contribution in [1.29, 1.82) is 0 Å². The van der Waals surface area contributed by atoms with E-state index in [4.69, 9.17) is 0 Å². The summed E-state index contributed by atoms with van der Waals surface area (Å²) in [6.07, 6.45) is 7.38. The molecule has 1 saturated heterocycles. The zero-order valence-electron chi connectivity index (χ0n) is 17.2. The number of nitrogens with zero attached hydrogens (tertiary/aromatic N) is 4. The number of benzene rings is 1. The van der Waals surface area contributed by atoms with E-state index in [1.54, 1.807) is 23.6 Å². The number of para-hydroxylation sites is 1. The highest BCUT2D eigenvalue weighted by molar-refractivity contribution is 7.10. The zero-order chi connectivity index (χ0) is 21.2. The molecule has 3 aromatic rings. The molecule has 2 aliphatic rings. The molecule has 0 radical (unpaired) electrons. The number of carbonyl (C=O) groups is 2. The summed E-state index contributed by atoms with van der Waals surface area (Å²) in [6.45, 7) is 2.17. The van der Waals surface area contributed by atoms with Crippen LogP contribution in [-0.2, 0) is 4.79 Å². The van der Waals surface area contributed by atoms with Crippen LogP contribution in [0.4, 0.5) is 0 Å². The second-order valence-corrected chi connectivity index (χ2v) is 8.91. The average molecular weight is 433 g/mol. The van der Waals surface area contributed by atoms with Crippen LogP contribution < -0.4 is 0 Å². The summed E-state index contributed by atoms with van der Waals surface area (Å²) in [5.74, 6) is 0.410. The van der Waals surface area contributed by atoms with Gasteiger partial charge in [-0.2, -0.15) is 5.10 Å². The molecule has 31 heavy (non-hydrogen) atoms. The van der Waals surface area contributed by atoms with Crippen molar-refractivity contribution in [2.45, 2.75) is 18.8 Å². The zero-order valence-corrected chi connectivity index (χ0v) is 18.0. The van der Waals surface area contributed by atoms with Gasteiger partial charge < -0.3 is 9.80 Å². The van der Waals surface area contributed by atoms with Crippen molar-refractivity contribution in [1.82, 2.24) is 19.6 Å². The molecule has 0 unspecified atom stereocenters. The topological polar surface area (TPSA) is 58.4 Å². The molecule has 0 bridgehead atoms. The van der Waals surface area contributed by atoms with Crippen LogP contribution in [0, 0.1) is 0 Å². The predicted octanol–water partition coefficient (Wildman–Crippen LogP) is 3.81. The van der Waals surface area contributed by atoms with Crippen LogP contribution in [0.15, 0.2) is 60.1 Å². The Labute approximate surface area is 185 Å². The molecule has 6 nitrogen and oxygen atoms in total. The first-order valence-corrected chi connectivity index (χ1v) is 11.5. The molecule has 3 heterocycles. The van der Waals surface area contributed by atoms with Crippen molar-refractivity contribution in [3.63, 3.8) is 0 Å². The van der Waals surface area contributed by atoms with E-state index in [9.17, 15) is 9.59 Å². The molecule has 2 amide bonds. The van der Waals surface area contributed by atoms with Crippen LogP contribution in [0.1, 0.15) is 39.7 Å². The highest BCUT2D eigenvalue weighted by Crippen LogP contribution is 2.42. The number of thiophene rings is 1. The summed E-state index contributed by atoms with van der Waals surface area (Å²) in [6, 6.07) is 13.9. The first-order valence-electron chi connectivity index (χ1n) is 10.6. The van der Waals surface area contributed by atoms with Gasteiger partial charge >= 0.3 is 0 Å².